The van der Waals surface area contributed by atoms with Crippen molar-refractivity contribution >= 4 is 17.8 Å². The predicted molar refractivity (Wildman–Crippen MR) is 198 cm³/mol. The molecular weight excluding hydrogens is 624 g/mol. The number of carbonyl (C=O) groups excluding carboxylic acids is 2. The number of nitrogens with zero attached hydrogens (tertiary/aromatic N) is 2. The maximum absolute atomic E-state index is 14.0. The number of allylic oxidation sites excluding steroid dienone is 1. The summed E-state index contributed by atoms with van der Waals surface area (Å²) in [4.78, 5) is 43.1. The van der Waals surface area contributed by atoms with Gasteiger partial charge in [0.1, 0.15) is 6.10 Å². The van der Waals surface area contributed by atoms with E-state index in [9.17, 15) is 19.5 Å². The second-order valence-corrected chi connectivity index (χ2v) is 20.7. The van der Waals surface area contributed by atoms with E-state index in [2.05, 4.69) is 65.0 Å². The minimum Gasteiger partial charge on any atom is -0.481 e. The van der Waals surface area contributed by atoms with Gasteiger partial charge in [0, 0.05) is 38.0 Å². The largest absolute Gasteiger partial charge is 0.481 e. The number of amides is 1. The molecule has 5 aliphatic carbocycles. The van der Waals surface area contributed by atoms with Crippen LogP contribution in [0.2, 0.25) is 0 Å². The van der Waals surface area contributed by atoms with Gasteiger partial charge in [0.25, 0.3) is 0 Å². The Labute approximate surface area is 303 Å². The standard InChI is InChI=1S/C43H70N2O5/c1-28(2)29-13-18-43(25-34(46)45-23-21-44(10)22-24-45)20-19-41(8)30(37(29)43)11-12-32-40(7)16-15-33(39(5,6)31(40)14-17-42(32,41)9)50-36(49)27-38(3,4)26-35(47)48/h29-33,37H,1,11-27H2,2-10H3,(H,47,48)/t29-,30+,31-,32+,33-,37+,40-,41+,42+,43+/m0/s1. The van der Waals surface area contributed by atoms with Crippen LogP contribution >= 0.6 is 0 Å². The Bertz CT molecular complexity index is 1360. The van der Waals surface area contributed by atoms with Gasteiger partial charge >= 0.3 is 11.9 Å². The van der Waals surface area contributed by atoms with Crippen molar-refractivity contribution in [2.75, 3.05) is 33.2 Å². The van der Waals surface area contributed by atoms with E-state index >= 15 is 0 Å². The van der Waals surface area contributed by atoms with Crippen molar-refractivity contribution in [3.8, 4) is 0 Å². The maximum Gasteiger partial charge on any atom is 0.306 e. The van der Waals surface area contributed by atoms with E-state index in [0.29, 0.717) is 35.5 Å². The Morgan fingerprint density at radius 1 is 0.820 bits per heavy atom. The van der Waals surface area contributed by atoms with Gasteiger partial charge in [-0.25, -0.2) is 0 Å². The molecule has 0 spiro atoms. The predicted octanol–water partition coefficient (Wildman–Crippen LogP) is 8.61. The van der Waals surface area contributed by atoms with Crippen LogP contribution in [-0.2, 0) is 19.1 Å². The molecule has 0 unspecified atom stereocenters. The highest BCUT2D eigenvalue weighted by molar-refractivity contribution is 5.77. The number of hydrogen-bond acceptors (Lipinski definition) is 5. The van der Waals surface area contributed by atoms with Crippen LogP contribution in [0.3, 0.4) is 0 Å². The lowest BCUT2D eigenvalue weighted by atomic mass is 9.32. The summed E-state index contributed by atoms with van der Waals surface area (Å²) < 4.78 is 6.28. The molecule has 0 aromatic heterocycles. The minimum absolute atomic E-state index is 0.0431. The molecule has 282 valence electrons. The number of carboxylic acid groups (broad SMARTS) is 1. The SMILES string of the molecule is C=C(C)[C@@H]1CC[C@]2(CC(=O)N3CCN(C)CC3)CC[C@]3(C)[C@H](CC[C@@H]4[C@@]5(C)CC[C@H](OC(=O)CC(C)(C)CC(=O)O)C(C)(C)[C@@H]5CC[C@]43C)[C@@H]12. The van der Waals surface area contributed by atoms with Gasteiger partial charge in [-0.2, -0.15) is 0 Å². The Morgan fingerprint density at radius 2 is 1.50 bits per heavy atom. The molecule has 6 fully saturated rings. The smallest absolute Gasteiger partial charge is 0.306 e. The van der Waals surface area contributed by atoms with Crippen molar-refractivity contribution in [1.82, 2.24) is 9.80 Å². The van der Waals surface area contributed by atoms with E-state index in [0.717, 1.165) is 58.3 Å². The first-order valence-corrected chi connectivity index (χ1v) is 20.2. The number of ether oxygens (including phenoxy) is 1. The average molecular weight is 695 g/mol. The van der Waals surface area contributed by atoms with Gasteiger partial charge in [-0.15, -0.1) is 0 Å². The molecule has 0 aromatic carbocycles. The molecule has 0 aromatic rings. The van der Waals surface area contributed by atoms with E-state index in [4.69, 9.17) is 4.74 Å². The number of fused-ring (bicyclic) bond motifs is 7. The van der Waals surface area contributed by atoms with Gasteiger partial charge < -0.3 is 19.6 Å². The quantitative estimate of drug-likeness (QED) is 0.202. The topological polar surface area (TPSA) is 87.2 Å². The molecular formula is C43H70N2O5. The number of aliphatic carboxylic acids is 1. The van der Waals surface area contributed by atoms with E-state index in [-0.39, 0.29) is 52.0 Å². The van der Waals surface area contributed by atoms with Crippen molar-refractivity contribution < 1.29 is 24.2 Å². The van der Waals surface area contributed by atoms with Gasteiger partial charge in [0.05, 0.1) is 12.8 Å². The highest BCUT2D eigenvalue weighted by Crippen LogP contribution is 2.78. The van der Waals surface area contributed by atoms with Crippen LogP contribution in [0.5, 0.6) is 0 Å². The van der Waals surface area contributed by atoms with Crippen molar-refractivity contribution in [3.05, 3.63) is 12.2 Å². The van der Waals surface area contributed by atoms with E-state index in [1.165, 1.54) is 44.1 Å². The molecule has 7 heteroatoms. The zero-order chi connectivity index (χ0) is 36.7. The summed E-state index contributed by atoms with van der Waals surface area (Å²) in [5.74, 6) is 2.00. The van der Waals surface area contributed by atoms with Gasteiger partial charge in [0.2, 0.25) is 5.91 Å². The first kappa shape index (κ1) is 37.9. The summed E-state index contributed by atoms with van der Waals surface area (Å²) in [6.07, 6.45) is 12.2. The fourth-order valence-corrected chi connectivity index (χ4v) is 14.3. The van der Waals surface area contributed by atoms with Crippen LogP contribution < -0.4 is 0 Å². The monoisotopic (exact) mass is 695 g/mol. The number of esters is 1. The van der Waals surface area contributed by atoms with Crippen molar-refractivity contribution in [3.63, 3.8) is 0 Å². The van der Waals surface area contributed by atoms with Crippen LogP contribution in [-0.4, -0.2) is 72.1 Å². The van der Waals surface area contributed by atoms with Crippen molar-refractivity contribution in [2.45, 2.75) is 145 Å². The molecule has 1 N–H and O–H groups in total. The molecule has 1 saturated heterocycles. The summed E-state index contributed by atoms with van der Waals surface area (Å²) in [6.45, 7) is 26.8. The molecule has 5 saturated carbocycles. The first-order chi connectivity index (χ1) is 23.2. The summed E-state index contributed by atoms with van der Waals surface area (Å²) in [6, 6.07) is 0. The zero-order valence-electron chi connectivity index (χ0n) is 33.2. The van der Waals surface area contributed by atoms with Crippen LogP contribution in [0.4, 0.5) is 0 Å². The Balaban J connectivity index is 1.23. The number of rotatable bonds is 8. The third-order valence-corrected chi connectivity index (χ3v) is 17.1. The van der Waals surface area contributed by atoms with Crippen molar-refractivity contribution in [2.24, 2.45) is 62.1 Å². The van der Waals surface area contributed by atoms with Crippen LogP contribution in [0.1, 0.15) is 139 Å². The van der Waals surface area contributed by atoms with Crippen LogP contribution in [0.25, 0.3) is 0 Å². The van der Waals surface area contributed by atoms with Crippen LogP contribution in [0, 0.1) is 62.1 Å². The summed E-state index contributed by atoms with van der Waals surface area (Å²) in [7, 11) is 2.16. The number of likely N-dealkylation sites (N-methyl/N-ethyl adjacent to an activating group) is 1. The summed E-state index contributed by atoms with van der Waals surface area (Å²) >= 11 is 0. The van der Waals surface area contributed by atoms with Gasteiger partial charge in [-0.05, 0) is 135 Å². The molecule has 50 heavy (non-hydrogen) atoms. The number of carbonyl (C=O) groups is 3. The number of carboxylic acids is 1. The van der Waals surface area contributed by atoms with Gasteiger partial charge in [-0.1, -0.05) is 60.6 Å². The normalized spacial score (nSPS) is 42.8. The lowest BCUT2D eigenvalue weighted by Crippen LogP contribution is -2.67. The molecule has 6 rings (SSSR count). The van der Waals surface area contributed by atoms with Crippen molar-refractivity contribution in [1.29, 1.82) is 0 Å². The second kappa shape index (κ2) is 12.9. The summed E-state index contributed by atoms with van der Waals surface area (Å²) in [5, 5.41) is 9.34. The first-order valence-electron chi connectivity index (χ1n) is 20.2. The van der Waals surface area contributed by atoms with E-state index in [1.807, 2.05) is 13.8 Å². The van der Waals surface area contributed by atoms with E-state index < -0.39 is 11.4 Å². The third-order valence-electron chi connectivity index (χ3n) is 17.1. The Morgan fingerprint density at radius 3 is 2.14 bits per heavy atom. The lowest BCUT2D eigenvalue weighted by molar-refractivity contribution is -0.250. The average Bonchev–Trinajstić information content (AvgIpc) is 3.38. The number of hydrogen-bond donors (Lipinski definition) is 1. The molecule has 0 bridgehead atoms. The molecule has 1 aliphatic heterocycles. The van der Waals surface area contributed by atoms with Gasteiger partial charge in [-0.3, -0.25) is 14.4 Å². The highest BCUT2D eigenvalue weighted by Gasteiger charge is 2.71. The molecule has 1 heterocycles. The highest BCUT2D eigenvalue weighted by atomic mass is 16.5. The lowest BCUT2D eigenvalue weighted by Gasteiger charge is -2.73. The molecule has 1 amide bonds. The Kier molecular flexibility index (Phi) is 9.77. The van der Waals surface area contributed by atoms with Crippen LogP contribution in [0.15, 0.2) is 12.2 Å². The van der Waals surface area contributed by atoms with Gasteiger partial charge in [0.15, 0.2) is 0 Å². The molecule has 10 atom stereocenters. The Hall–Kier alpha value is -1.89. The van der Waals surface area contributed by atoms with E-state index in [1.54, 1.807) is 0 Å². The molecule has 0 radical (unpaired) electrons. The fraction of sp³-hybridized carbons (Fsp3) is 0.884. The molecule has 7 nitrogen and oxygen atoms in total. The zero-order valence-corrected chi connectivity index (χ0v) is 33.2. The molecule has 6 aliphatic rings. The second-order valence-electron chi connectivity index (χ2n) is 20.7. The fourth-order valence-electron chi connectivity index (χ4n) is 14.3. The third kappa shape index (κ3) is 6.09. The summed E-state index contributed by atoms with van der Waals surface area (Å²) in [5.41, 5.74) is 1.26. The number of piperazine rings is 1. The minimum atomic E-state index is -0.879. The maximum atomic E-state index is 14.0.